The van der Waals surface area contributed by atoms with Crippen molar-refractivity contribution in [1.82, 2.24) is 5.32 Å². The minimum atomic E-state index is -0.198. The molecule has 0 spiro atoms. The molecule has 6 nitrogen and oxygen atoms in total. The standard InChI is InChI=1S/C18H23N3O3/c19-12-7-10-3-1-4-11(8-12)16(10)21-18(23)13-5-2-6-14-17(13)24-9-15(22)20-14/h2,5-6,10-12,16H,1,3-4,7-9,19H2,(H,20,22)(H,21,23). The number of rotatable bonds is 2. The van der Waals surface area contributed by atoms with Crippen molar-refractivity contribution in [3.8, 4) is 5.75 Å². The van der Waals surface area contributed by atoms with Gasteiger partial charge in [0.25, 0.3) is 11.8 Å². The van der Waals surface area contributed by atoms with E-state index in [2.05, 4.69) is 10.6 Å². The molecule has 1 aliphatic heterocycles. The van der Waals surface area contributed by atoms with Crippen LogP contribution in [0.2, 0.25) is 0 Å². The molecule has 1 aromatic carbocycles. The zero-order valence-corrected chi connectivity index (χ0v) is 13.6. The van der Waals surface area contributed by atoms with E-state index in [9.17, 15) is 9.59 Å². The minimum absolute atomic E-state index is 0.0547. The number of carbonyl (C=O) groups excluding carboxylic acids is 2. The summed E-state index contributed by atoms with van der Waals surface area (Å²) < 4.78 is 5.50. The highest BCUT2D eigenvalue weighted by molar-refractivity contribution is 6.03. The maximum absolute atomic E-state index is 12.8. The van der Waals surface area contributed by atoms with Gasteiger partial charge < -0.3 is 21.1 Å². The molecule has 0 aromatic heterocycles. The van der Waals surface area contributed by atoms with E-state index in [4.69, 9.17) is 10.5 Å². The number of amides is 2. The molecule has 0 radical (unpaired) electrons. The fourth-order valence-electron chi connectivity index (χ4n) is 4.55. The SMILES string of the molecule is NC1CC2CCCC(C1)C2NC(=O)c1cccc2c1OCC(=O)N2. The lowest BCUT2D eigenvalue weighted by Gasteiger charge is -2.45. The summed E-state index contributed by atoms with van der Waals surface area (Å²) in [7, 11) is 0. The number of anilines is 1. The molecule has 1 heterocycles. The summed E-state index contributed by atoms with van der Waals surface area (Å²) in [6.07, 6.45) is 5.47. The quantitative estimate of drug-likeness (QED) is 0.769. The topological polar surface area (TPSA) is 93.4 Å². The predicted octanol–water partition coefficient (Wildman–Crippen LogP) is 1.65. The second-order valence-corrected chi connectivity index (χ2v) is 7.20. The Morgan fingerprint density at radius 2 is 2.00 bits per heavy atom. The van der Waals surface area contributed by atoms with Crippen molar-refractivity contribution in [3.05, 3.63) is 23.8 Å². The van der Waals surface area contributed by atoms with Crippen LogP contribution < -0.4 is 21.1 Å². The van der Waals surface area contributed by atoms with E-state index < -0.39 is 0 Å². The van der Waals surface area contributed by atoms with Crippen LogP contribution in [0.15, 0.2) is 18.2 Å². The molecular weight excluding hydrogens is 306 g/mol. The Balaban J connectivity index is 1.55. The first-order chi connectivity index (χ1) is 11.6. The lowest BCUT2D eigenvalue weighted by atomic mass is 9.67. The zero-order chi connectivity index (χ0) is 16.7. The first-order valence-corrected chi connectivity index (χ1v) is 8.74. The third-order valence-corrected chi connectivity index (χ3v) is 5.56. The van der Waals surface area contributed by atoms with Crippen molar-refractivity contribution in [2.75, 3.05) is 11.9 Å². The summed E-state index contributed by atoms with van der Waals surface area (Å²) in [5, 5.41) is 5.98. The Hall–Kier alpha value is -2.08. The van der Waals surface area contributed by atoms with Crippen LogP contribution in [0.25, 0.3) is 0 Å². The molecule has 3 aliphatic rings. The molecule has 2 fully saturated rings. The highest BCUT2D eigenvalue weighted by atomic mass is 16.5. The Labute approximate surface area is 141 Å². The number of fused-ring (bicyclic) bond motifs is 3. The van der Waals surface area contributed by atoms with E-state index in [0.717, 1.165) is 25.7 Å². The van der Waals surface area contributed by atoms with Crippen molar-refractivity contribution in [2.24, 2.45) is 17.6 Å². The highest BCUT2D eigenvalue weighted by Crippen LogP contribution is 2.40. The van der Waals surface area contributed by atoms with Crippen LogP contribution in [-0.2, 0) is 4.79 Å². The van der Waals surface area contributed by atoms with Crippen LogP contribution in [0.5, 0.6) is 5.75 Å². The number of benzene rings is 1. The van der Waals surface area contributed by atoms with E-state index in [1.165, 1.54) is 6.42 Å². The molecule has 4 rings (SSSR count). The second kappa shape index (κ2) is 6.09. The molecule has 2 atom stereocenters. The maximum Gasteiger partial charge on any atom is 0.262 e. The lowest BCUT2D eigenvalue weighted by Crippen LogP contribution is -2.53. The molecule has 24 heavy (non-hydrogen) atoms. The fourth-order valence-corrected chi connectivity index (χ4v) is 4.55. The first kappa shape index (κ1) is 15.4. The molecule has 6 heteroatoms. The average Bonchev–Trinajstić information content (AvgIpc) is 2.54. The van der Waals surface area contributed by atoms with Gasteiger partial charge in [-0.25, -0.2) is 0 Å². The van der Waals surface area contributed by atoms with Gasteiger partial charge in [0.15, 0.2) is 12.4 Å². The van der Waals surface area contributed by atoms with Gasteiger partial charge in [-0.15, -0.1) is 0 Å². The van der Waals surface area contributed by atoms with E-state index in [-0.39, 0.29) is 30.5 Å². The molecule has 2 saturated carbocycles. The van der Waals surface area contributed by atoms with Crippen LogP contribution in [0.3, 0.4) is 0 Å². The fraction of sp³-hybridized carbons (Fsp3) is 0.556. The highest BCUT2D eigenvalue weighted by Gasteiger charge is 2.40. The Bertz CT molecular complexity index is 661. The maximum atomic E-state index is 12.8. The number of hydrogen-bond acceptors (Lipinski definition) is 4. The van der Waals surface area contributed by atoms with Crippen molar-refractivity contribution in [1.29, 1.82) is 0 Å². The largest absolute Gasteiger partial charge is 0.481 e. The predicted molar refractivity (Wildman–Crippen MR) is 89.9 cm³/mol. The van der Waals surface area contributed by atoms with Crippen LogP contribution in [-0.4, -0.2) is 30.5 Å². The first-order valence-electron chi connectivity index (χ1n) is 8.74. The number of hydrogen-bond donors (Lipinski definition) is 3. The van der Waals surface area contributed by atoms with Crippen molar-refractivity contribution < 1.29 is 14.3 Å². The normalized spacial score (nSPS) is 31.5. The molecule has 2 amide bonds. The van der Waals surface area contributed by atoms with Gasteiger partial charge in [-0.1, -0.05) is 12.5 Å². The monoisotopic (exact) mass is 329 g/mol. The summed E-state index contributed by atoms with van der Waals surface area (Å²) in [4.78, 5) is 24.3. The summed E-state index contributed by atoms with van der Waals surface area (Å²) in [6.45, 7) is -0.0547. The van der Waals surface area contributed by atoms with E-state index in [0.29, 0.717) is 28.8 Å². The molecule has 1 aromatic rings. The minimum Gasteiger partial charge on any atom is -0.481 e. The van der Waals surface area contributed by atoms with Gasteiger partial charge in [0.05, 0.1) is 11.3 Å². The number of nitrogens with one attached hydrogen (secondary N) is 2. The van der Waals surface area contributed by atoms with Gasteiger partial charge >= 0.3 is 0 Å². The van der Waals surface area contributed by atoms with Crippen molar-refractivity contribution in [2.45, 2.75) is 44.2 Å². The summed E-state index contributed by atoms with van der Waals surface area (Å²) in [5.74, 6) is 1.08. The van der Waals surface area contributed by atoms with E-state index >= 15 is 0 Å². The van der Waals surface area contributed by atoms with Gasteiger partial charge in [-0.3, -0.25) is 9.59 Å². The Kier molecular flexibility index (Phi) is 3.92. The molecule has 0 saturated heterocycles. The Morgan fingerprint density at radius 3 is 2.75 bits per heavy atom. The van der Waals surface area contributed by atoms with Crippen molar-refractivity contribution in [3.63, 3.8) is 0 Å². The smallest absolute Gasteiger partial charge is 0.262 e. The summed E-state index contributed by atoms with van der Waals surface area (Å²) >= 11 is 0. The summed E-state index contributed by atoms with van der Waals surface area (Å²) in [5.41, 5.74) is 7.21. The number of nitrogens with two attached hydrogens (primary N) is 1. The van der Waals surface area contributed by atoms with Crippen LogP contribution >= 0.6 is 0 Å². The molecule has 2 aliphatic carbocycles. The lowest BCUT2D eigenvalue weighted by molar-refractivity contribution is -0.118. The molecule has 128 valence electrons. The van der Waals surface area contributed by atoms with Gasteiger partial charge in [0.2, 0.25) is 0 Å². The van der Waals surface area contributed by atoms with Gasteiger partial charge in [-0.2, -0.15) is 0 Å². The second-order valence-electron chi connectivity index (χ2n) is 7.20. The molecule has 2 unspecified atom stereocenters. The zero-order valence-electron chi connectivity index (χ0n) is 13.6. The van der Waals surface area contributed by atoms with E-state index in [1.54, 1.807) is 18.2 Å². The van der Waals surface area contributed by atoms with Gasteiger partial charge in [0.1, 0.15) is 0 Å². The van der Waals surface area contributed by atoms with Crippen LogP contribution in [0.1, 0.15) is 42.5 Å². The third-order valence-electron chi connectivity index (χ3n) is 5.56. The van der Waals surface area contributed by atoms with Crippen molar-refractivity contribution >= 4 is 17.5 Å². The summed E-state index contributed by atoms with van der Waals surface area (Å²) in [6, 6.07) is 5.71. The van der Waals surface area contributed by atoms with Gasteiger partial charge in [0, 0.05) is 12.1 Å². The number of carbonyl (C=O) groups is 2. The molecule has 2 bridgehead atoms. The van der Waals surface area contributed by atoms with Crippen LogP contribution in [0, 0.1) is 11.8 Å². The average molecular weight is 329 g/mol. The number of ether oxygens (including phenoxy) is 1. The van der Waals surface area contributed by atoms with E-state index in [1.807, 2.05) is 0 Å². The third kappa shape index (κ3) is 2.75. The number of para-hydroxylation sites is 1. The van der Waals surface area contributed by atoms with Gasteiger partial charge in [-0.05, 0) is 49.7 Å². The Morgan fingerprint density at radius 1 is 1.25 bits per heavy atom. The van der Waals surface area contributed by atoms with Crippen LogP contribution in [0.4, 0.5) is 5.69 Å². The molecular formula is C18H23N3O3. The molecule has 4 N–H and O–H groups in total.